The first-order chi connectivity index (χ1) is 9.63. The van der Waals surface area contributed by atoms with Crippen LogP contribution in [0.4, 0.5) is 0 Å². The molecule has 2 aliphatic rings. The number of aliphatic hydroxyl groups is 1. The minimum absolute atomic E-state index is 0.120. The third kappa shape index (κ3) is 2.58. The molecule has 1 aromatic rings. The van der Waals surface area contributed by atoms with Gasteiger partial charge in [-0.05, 0) is 23.6 Å². The third-order valence-corrected chi connectivity index (χ3v) is 3.75. The Morgan fingerprint density at radius 3 is 2.80 bits per heavy atom. The summed E-state index contributed by atoms with van der Waals surface area (Å²) in [6, 6.07) is 5.42. The summed E-state index contributed by atoms with van der Waals surface area (Å²) >= 11 is 0. The number of β-amino-alcohol motifs (C(OH)–C–C–N with tert-alkyl or cyclic N) is 1. The molecule has 5 heteroatoms. The van der Waals surface area contributed by atoms with Crippen LogP contribution in [0.2, 0.25) is 0 Å². The van der Waals surface area contributed by atoms with E-state index in [0.29, 0.717) is 43.6 Å². The van der Waals surface area contributed by atoms with Crippen LogP contribution >= 0.6 is 0 Å². The average Bonchev–Trinajstić information content (AvgIpc) is 2.76. The maximum atomic E-state index is 11.8. The highest BCUT2D eigenvalue weighted by Gasteiger charge is 2.28. The van der Waals surface area contributed by atoms with Gasteiger partial charge in [-0.15, -0.1) is 0 Å². The highest BCUT2D eigenvalue weighted by atomic mass is 16.6. The van der Waals surface area contributed by atoms with Crippen LogP contribution in [0.1, 0.15) is 25.0 Å². The van der Waals surface area contributed by atoms with Gasteiger partial charge in [0.15, 0.2) is 11.5 Å². The first-order valence-corrected chi connectivity index (χ1v) is 6.99. The van der Waals surface area contributed by atoms with Crippen molar-refractivity contribution in [1.82, 2.24) is 4.90 Å². The summed E-state index contributed by atoms with van der Waals surface area (Å²) < 4.78 is 11.0. The van der Waals surface area contributed by atoms with E-state index in [1.807, 2.05) is 19.1 Å². The van der Waals surface area contributed by atoms with Gasteiger partial charge in [0, 0.05) is 13.0 Å². The number of hydrogen-bond donors (Lipinski definition) is 1. The van der Waals surface area contributed by atoms with Crippen LogP contribution in [0, 0.1) is 5.92 Å². The predicted molar refractivity (Wildman–Crippen MR) is 72.8 cm³/mol. The fourth-order valence-corrected chi connectivity index (χ4v) is 2.73. The van der Waals surface area contributed by atoms with Crippen LogP contribution in [-0.2, 0) is 4.79 Å². The molecule has 0 spiro atoms. The van der Waals surface area contributed by atoms with Crippen LogP contribution in [0.25, 0.3) is 0 Å². The van der Waals surface area contributed by atoms with Gasteiger partial charge in [0.1, 0.15) is 13.2 Å². The standard InChI is InChI=1S/C15H19NO4/c1-10-6-15(18)16(8-10)9-12(17)11-2-3-13-14(7-11)20-5-4-19-13/h2-3,7,10,12,17H,4-6,8-9H2,1H3. The van der Waals surface area contributed by atoms with Gasteiger partial charge in [-0.1, -0.05) is 13.0 Å². The van der Waals surface area contributed by atoms with Gasteiger partial charge < -0.3 is 19.5 Å². The molecule has 1 aromatic carbocycles. The van der Waals surface area contributed by atoms with Crippen LogP contribution < -0.4 is 9.47 Å². The highest BCUT2D eigenvalue weighted by Crippen LogP contribution is 2.33. The summed E-state index contributed by atoms with van der Waals surface area (Å²) in [5.41, 5.74) is 0.751. The van der Waals surface area contributed by atoms with Gasteiger partial charge in [0.2, 0.25) is 5.91 Å². The summed E-state index contributed by atoms with van der Waals surface area (Å²) in [4.78, 5) is 13.5. The molecule has 0 aliphatic carbocycles. The molecular weight excluding hydrogens is 258 g/mol. The van der Waals surface area contributed by atoms with Gasteiger partial charge in [0.25, 0.3) is 0 Å². The molecule has 108 valence electrons. The van der Waals surface area contributed by atoms with Crippen LogP contribution in [-0.4, -0.2) is 42.2 Å². The van der Waals surface area contributed by atoms with E-state index >= 15 is 0 Å². The monoisotopic (exact) mass is 277 g/mol. The molecule has 2 atom stereocenters. The van der Waals surface area contributed by atoms with E-state index in [1.165, 1.54) is 0 Å². The Morgan fingerprint density at radius 1 is 1.35 bits per heavy atom. The molecule has 2 heterocycles. The molecule has 5 nitrogen and oxygen atoms in total. The Bertz CT molecular complexity index is 517. The molecule has 1 fully saturated rings. The SMILES string of the molecule is CC1CC(=O)N(CC(O)c2ccc3c(c2)OCCO3)C1. The van der Waals surface area contributed by atoms with Crippen LogP contribution in [0.5, 0.6) is 11.5 Å². The summed E-state index contributed by atoms with van der Waals surface area (Å²) in [5, 5.41) is 10.3. The number of hydrogen-bond acceptors (Lipinski definition) is 4. The molecule has 1 N–H and O–H groups in total. The Kier molecular flexibility index (Phi) is 3.53. The number of benzene rings is 1. The van der Waals surface area contributed by atoms with E-state index in [1.54, 1.807) is 11.0 Å². The lowest BCUT2D eigenvalue weighted by Crippen LogP contribution is -2.30. The quantitative estimate of drug-likeness (QED) is 0.906. The molecular formula is C15H19NO4. The van der Waals surface area contributed by atoms with Gasteiger partial charge in [-0.3, -0.25) is 4.79 Å². The van der Waals surface area contributed by atoms with Crippen molar-refractivity contribution in [2.45, 2.75) is 19.4 Å². The van der Waals surface area contributed by atoms with Crippen molar-refractivity contribution in [1.29, 1.82) is 0 Å². The second-order valence-corrected chi connectivity index (χ2v) is 5.53. The fourth-order valence-electron chi connectivity index (χ4n) is 2.73. The summed E-state index contributed by atoms with van der Waals surface area (Å²) in [5.74, 6) is 1.86. The summed E-state index contributed by atoms with van der Waals surface area (Å²) in [7, 11) is 0. The first-order valence-electron chi connectivity index (χ1n) is 6.99. The lowest BCUT2D eigenvalue weighted by atomic mass is 10.1. The highest BCUT2D eigenvalue weighted by molar-refractivity contribution is 5.78. The number of carbonyl (C=O) groups is 1. The largest absolute Gasteiger partial charge is 0.486 e. The Labute approximate surface area is 118 Å². The Balaban J connectivity index is 1.71. The molecule has 3 rings (SSSR count). The van der Waals surface area contributed by atoms with Crippen molar-refractivity contribution < 1.29 is 19.4 Å². The van der Waals surface area contributed by atoms with E-state index in [9.17, 15) is 9.90 Å². The number of likely N-dealkylation sites (tertiary alicyclic amines) is 1. The molecule has 1 saturated heterocycles. The minimum Gasteiger partial charge on any atom is -0.486 e. The van der Waals surface area contributed by atoms with E-state index in [0.717, 1.165) is 12.1 Å². The maximum Gasteiger partial charge on any atom is 0.223 e. The first kappa shape index (κ1) is 13.2. The van der Waals surface area contributed by atoms with Gasteiger partial charge in [-0.25, -0.2) is 0 Å². The Morgan fingerprint density at radius 2 is 2.10 bits per heavy atom. The molecule has 0 saturated carbocycles. The zero-order valence-corrected chi connectivity index (χ0v) is 11.5. The zero-order valence-electron chi connectivity index (χ0n) is 11.5. The maximum absolute atomic E-state index is 11.8. The van der Waals surface area contributed by atoms with Crippen molar-refractivity contribution in [3.05, 3.63) is 23.8 Å². The van der Waals surface area contributed by atoms with Crippen molar-refractivity contribution in [3.8, 4) is 11.5 Å². The van der Waals surface area contributed by atoms with Crippen LogP contribution in [0.3, 0.4) is 0 Å². The molecule has 0 radical (unpaired) electrons. The molecule has 1 amide bonds. The minimum atomic E-state index is -0.694. The lowest BCUT2D eigenvalue weighted by molar-refractivity contribution is -0.129. The zero-order chi connectivity index (χ0) is 14.1. The predicted octanol–water partition coefficient (Wildman–Crippen LogP) is 1.36. The molecule has 0 aromatic heterocycles. The summed E-state index contributed by atoms with van der Waals surface area (Å²) in [6.07, 6.45) is -0.117. The fraction of sp³-hybridized carbons (Fsp3) is 0.533. The third-order valence-electron chi connectivity index (χ3n) is 3.75. The number of amides is 1. The van der Waals surface area contributed by atoms with E-state index in [2.05, 4.69) is 0 Å². The number of ether oxygens (including phenoxy) is 2. The number of carbonyl (C=O) groups excluding carboxylic acids is 1. The summed E-state index contributed by atoms with van der Waals surface area (Å²) in [6.45, 7) is 4.18. The van der Waals surface area contributed by atoms with Gasteiger partial charge >= 0.3 is 0 Å². The number of nitrogens with zero attached hydrogens (tertiary/aromatic N) is 1. The second kappa shape index (κ2) is 5.32. The number of rotatable bonds is 3. The lowest BCUT2D eigenvalue weighted by Gasteiger charge is -2.23. The van der Waals surface area contributed by atoms with Gasteiger partial charge in [0.05, 0.1) is 12.6 Å². The molecule has 0 bridgehead atoms. The topological polar surface area (TPSA) is 59.0 Å². The molecule has 2 aliphatic heterocycles. The van der Waals surface area contributed by atoms with E-state index in [4.69, 9.17) is 9.47 Å². The van der Waals surface area contributed by atoms with E-state index in [-0.39, 0.29) is 5.91 Å². The average molecular weight is 277 g/mol. The normalized spacial score (nSPS) is 23.0. The molecule has 2 unspecified atom stereocenters. The van der Waals surface area contributed by atoms with Crippen molar-refractivity contribution in [2.24, 2.45) is 5.92 Å². The number of aliphatic hydroxyl groups excluding tert-OH is 1. The van der Waals surface area contributed by atoms with Crippen molar-refractivity contribution >= 4 is 5.91 Å². The van der Waals surface area contributed by atoms with Crippen LogP contribution in [0.15, 0.2) is 18.2 Å². The Hall–Kier alpha value is -1.75. The van der Waals surface area contributed by atoms with Crippen molar-refractivity contribution in [3.63, 3.8) is 0 Å². The molecule has 20 heavy (non-hydrogen) atoms. The smallest absolute Gasteiger partial charge is 0.223 e. The number of fused-ring (bicyclic) bond motifs is 1. The second-order valence-electron chi connectivity index (χ2n) is 5.53. The van der Waals surface area contributed by atoms with E-state index < -0.39 is 6.10 Å². The van der Waals surface area contributed by atoms with Crippen molar-refractivity contribution in [2.75, 3.05) is 26.3 Å². The van der Waals surface area contributed by atoms with Gasteiger partial charge in [-0.2, -0.15) is 0 Å².